The third kappa shape index (κ3) is 2.64. The van der Waals surface area contributed by atoms with Crippen molar-refractivity contribution in [3.63, 3.8) is 0 Å². The van der Waals surface area contributed by atoms with Crippen LogP contribution in [0, 0.1) is 10.1 Å². The molecule has 1 saturated heterocycles. The molecule has 0 radical (unpaired) electrons. The monoisotopic (exact) mass is 355 g/mol. The Morgan fingerprint density at radius 1 is 0.778 bits per heavy atom. The minimum absolute atomic E-state index is 0.0217. The maximum absolute atomic E-state index is 10.9. The van der Waals surface area contributed by atoms with Crippen molar-refractivity contribution in [3.05, 3.63) is 112 Å². The smallest absolute Gasteiger partial charge is 0.263 e. The Labute approximate surface area is 156 Å². The third-order valence-electron chi connectivity index (χ3n) is 5.29. The van der Waals surface area contributed by atoms with Gasteiger partial charge in [0.25, 0.3) is 5.69 Å². The van der Waals surface area contributed by atoms with E-state index in [2.05, 4.69) is 41.3 Å². The van der Waals surface area contributed by atoms with Crippen LogP contribution >= 0.6 is 0 Å². The molecule has 132 valence electrons. The van der Waals surface area contributed by atoms with E-state index in [0.29, 0.717) is 6.04 Å². The van der Waals surface area contributed by atoms with Crippen molar-refractivity contribution in [2.45, 2.75) is 18.2 Å². The summed E-state index contributed by atoms with van der Waals surface area (Å²) in [4.78, 5) is 18.0. The van der Waals surface area contributed by atoms with Crippen molar-refractivity contribution in [2.75, 3.05) is 0 Å². The summed E-state index contributed by atoms with van der Waals surface area (Å²) in [6.45, 7) is 0. The quantitative estimate of drug-likeness (QED) is 0.393. The number of rotatable bonds is 4. The standard InChI is InChI=1S/C22H17N3O2/c26-25(27)18-13-11-15(12-14-18)19-21-20(16-7-3-1-4-8-16)24(21)22(23-19)17-9-5-2-6-10-17/h1-14,20-22H/t20-,21?,22?,24?/m0/s1. The zero-order chi connectivity index (χ0) is 18.4. The average Bonchev–Trinajstić information content (AvgIpc) is 3.33. The first-order valence-electron chi connectivity index (χ1n) is 8.94. The van der Waals surface area contributed by atoms with E-state index in [0.717, 1.165) is 16.8 Å². The normalized spacial score (nSPS) is 25.6. The van der Waals surface area contributed by atoms with Gasteiger partial charge in [-0.2, -0.15) is 0 Å². The number of hydrogen-bond donors (Lipinski definition) is 0. The number of aliphatic imine (C=N–C) groups is 1. The molecule has 3 aromatic carbocycles. The highest BCUT2D eigenvalue weighted by atomic mass is 16.6. The van der Waals surface area contributed by atoms with Gasteiger partial charge in [0.2, 0.25) is 0 Å². The van der Waals surface area contributed by atoms with Crippen LogP contribution in [0.15, 0.2) is 89.9 Å². The van der Waals surface area contributed by atoms with Crippen molar-refractivity contribution in [1.29, 1.82) is 0 Å². The molecule has 0 aliphatic carbocycles. The highest BCUT2D eigenvalue weighted by Crippen LogP contribution is 2.55. The Morgan fingerprint density at radius 3 is 1.96 bits per heavy atom. The molecule has 0 aromatic heterocycles. The molecule has 3 aromatic rings. The first-order valence-corrected chi connectivity index (χ1v) is 8.94. The fourth-order valence-corrected chi connectivity index (χ4v) is 3.99. The molecule has 4 atom stereocenters. The molecule has 5 rings (SSSR count). The van der Waals surface area contributed by atoms with Gasteiger partial charge in [-0.15, -0.1) is 0 Å². The fraction of sp³-hybridized carbons (Fsp3) is 0.136. The highest BCUT2D eigenvalue weighted by Gasteiger charge is 2.59. The number of nitro benzene ring substituents is 1. The van der Waals surface area contributed by atoms with E-state index in [1.807, 2.05) is 36.4 Å². The second kappa shape index (κ2) is 6.14. The molecular formula is C22H17N3O2. The average molecular weight is 355 g/mol. The summed E-state index contributed by atoms with van der Waals surface area (Å²) in [5.74, 6) is 0. The Balaban J connectivity index is 1.54. The number of nitrogens with zero attached hydrogens (tertiary/aromatic N) is 3. The summed E-state index contributed by atoms with van der Waals surface area (Å²) >= 11 is 0. The lowest BCUT2D eigenvalue weighted by molar-refractivity contribution is -0.384. The predicted octanol–water partition coefficient (Wildman–Crippen LogP) is 4.52. The second-order valence-electron chi connectivity index (χ2n) is 6.85. The van der Waals surface area contributed by atoms with Gasteiger partial charge in [-0.1, -0.05) is 60.7 Å². The molecule has 0 N–H and O–H groups in total. The fourth-order valence-electron chi connectivity index (χ4n) is 3.99. The second-order valence-corrected chi connectivity index (χ2v) is 6.85. The molecular weight excluding hydrogens is 338 g/mol. The first kappa shape index (κ1) is 15.9. The summed E-state index contributed by atoms with van der Waals surface area (Å²) in [5.41, 5.74) is 4.50. The highest BCUT2D eigenvalue weighted by molar-refractivity contribution is 6.08. The van der Waals surface area contributed by atoms with Crippen LogP contribution in [0.4, 0.5) is 5.69 Å². The van der Waals surface area contributed by atoms with Gasteiger partial charge in [0.1, 0.15) is 6.17 Å². The molecule has 5 nitrogen and oxygen atoms in total. The number of non-ortho nitro benzene ring substituents is 1. The minimum Gasteiger partial charge on any atom is -0.263 e. The van der Waals surface area contributed by atoms with Crippen molar-refractivity contribution in [3.8, 4) is 0 Å². The van der Waals surface area contributed by atoms with Gasteiger partial charge in [0.05, 0.1) is 22.7 Å². The van der Waals surface area contributed by atoms with Crippen molar-refractivity contribution < 1.29 is 4.92 Å². The first-order chi connectivity index (χ1) is 13.2. The van der Waals surface area contributed by atoms with Crippen LogP contribution in [0.1, 0.15) is 28.9 Å². The van der Waals surface area contributed by atoms with Crippen molar-refractivity contribution >= 4 is 11.4 Å². The van der Waals surface area contributed by atoms with Crippen molar-refractivity contribution in [2.24, 2.45) is 4.99 Å². The van der Waals surface area contributed by atoms with E-state index in [4.69, 9.17) is 4.99 Å². The molecule has 2 heterocycles. The van der Waals surface area contributed by atoms with Crippen LogP contribution in [-0.4, -0.2) is 21.6 Å². The van der Waals surface area contributed by atoms with Gasteiger partial charge in [0.15, 0.2) is 0 Å². The van der Waals surface area contributed by atoms with Gasteiger partial charge in [-0.05, 0) is 28.8 Å². The molecule has 27 heavy (non-hydrogen) atoms. The zero-order valence-corrected chi connectivity index (χ0v) is 14.5. The number of nitro groups is 1. The molecule has 0 bridgehead atoms. The van der Waals surface area contributed by atoms with Crippen LogP contribution in [0.2, 0.25) is 0 Å². The van der Waals surface area contributed by atoms with E-state index >= 15 is 0 Å². The lowest BCUT2D eigenvalue weighted by Gasteiger charge is -2.14. The van der Waals surface area contributed by atoms with Crippen LogP contribution < -0.4 is 0 Å². The van der Waals surface area contributed by atoms with E-state index in [1.54, 1.807) is 12.1 Å². The molecule has 5 heteroatoms. The van der Waals surface area contributed by atoms with E-state index in [1.165, 1.54) is 5.56 Å². The maximum Gasteiger partial charge on any atom is 0.269 e. The Kier molecular flexibility index (Phi) is 3.62. The summed E-state index contributed by atoms with van der Waals surface area (Å²) in [5, 5.41) is 10.9. The van der Waals surface area contributed by atoms with Gasteiger partial charge < -0.3 is 0 Å². The summed E-state index contributed by atoms with van der Waals surface area (Å²) < 4.78 is 0. The van der Waals surface area contributed by atoms with Gasteiger partial charge >= 0.3 is 0 Å². The molecule has 3 unspecified atom stereocenters. The Bertz CT molecular complexity index is 1020. The SMILES string of the molecule is O=[N+]([O-])c1ccc(C2=NC(c3ccccc3)N3C2[C@@H]3c2ccccc2)cc1. The van der Waals surface area contributed by atoms with Gasteiger partial charge in [0, 0.05) is 12.1 Å². The van der Waals surface area contributed by atoms with E-state index < -0.39 is 0 Å². The minimum atomic E-state index is -0.372. The number of benzene rings is 3. The summed E-state index contributed by atoms with van der Waals surface area (Å²) in [6, 6.07) is 27.9. The maximum atomic E-state index is 10.9. The summed E-state index contributed by atoms with van der Waals surface area (Å²) in [6.07, 6.45) is -0.0217. The Morgan fingerprint density at radius 2 is 1.37 bits per heavy atom. The molecule has 2 aliphatic rings. The molecule has 0 amide bonds. The number of hydrogen-bond acceptors (Lipinski definition) is 4. The lowest BCUT2D eigenvalue weighted by Crippen LogP contribution is -2.08. The molecule has 2 aliphatic heterocycles. The van der Waals surface area contributed by atoms with Gasteiger partial charge in [-0.3, -0.25) is 20.0 Å². The van der Waals surface area contributed by atoms with Crippen molar-refractivity contribution in [1.82, 2.24) is 4.90 Å². The van der Waals surface area contributed by atoms with Crippen LogP contribution in [0.5, 0.6) is 0 Å². The molecule has 0 spiro atoms. The molecule has 0 saturated carbocycles. The number of fused-ring (bicyclic) bond motifs is 1. The van der Waals surface area contributed by atoms with E-state index in [-0.39, 0.29) is 22.8 Å². The van der Waals surface area contributed by atoms with Crippen LogP contribution in [0.3, 0.4) is 0 Å². The topological polar surface area (TPSA) is 58.5 Å². The lowest BCUT2D eigenvalue weighted by atomic mass is 10.0. The summed E-state index contributed by atoms with van der Waals surface area (Å²) in [7, 11) is 0. The van der Waals surface area contributed by atoms with Crippen LogP contribution in [-0.2, 0) is 0 Å². The van der Waals surface area contributed by atoms with Gasteiger partial charge in [-0.25, -0.2) is 0 Å². The van der Waals surface area contributed by atoms with Crippen LogP contribution in [0.25, 0.3) is 0 Å². The Hall–Kier alpha value is -3.31. The largest absolute Gasteiger partial charge is 0.269 e. The van der Waals surface area contributed by atoms with E-state index in [9.17, 15) is 10.1 Å². The zero-order valence-electron chi connectivity index (χ0n) is 14.5. The predicted molar refractivity (Wildman–Crippen MR) is 104 cm³/mol. The molecule has 1 fully saturated rings. The third-order valence-corrected chi connectivity index (χ3v) is 5.29.